The van der Waals surface area contributed by atoms with E-state index < -0.39 is 5.97 Å². The molecule has 0 aliphatic carbocycles. The SMILES string of the molecule is COC(=S)NCCCCCC(=O)O. The Hall–Kier alpha value is -0.840. The Morgan fingerprint density at radius 2 is 2.15 bits per heavy atom. The normalized spacial score (nSPS) is 9.31. The fourth-order valence-electron chi connectivity index (χ4n) is 0.841. The standard InChI is InChI=1S/C8H15NO3S/c1-12-8(13)9-6-4-2-3-5-7(10)11/h2-6H2,1H3,(H,9,13)(H,10,11). The lowest BCUT2D eigenvalue weighted by atomic mass is 10.2. The summed E-state index contributed by atoms with van der Waals surface area (Å²) in [6.07, 6.45) is 2.77. The maximum atomic E-state index is 10.1. The van der Waals surface area contributed by atoms with Crippen LogP contribution in [0.4, 0.5) is 0 Å². The molecule has 0 amide bonds. The molecule has 0 bridgehead atoms. The Kier molecular flexibility index (Phi) is 7.29. The Balaban J connectivity index is 3.08. The summed E-state index contributed by atoms with van der Waals surface area (Å²) in [6.45, 7) is 0.742. The fourth-order valence-corrected chi connectivity index (χ4v) is 0.943. The van der Waals surface area contributed by atoms with Crippen LogP contribution in [0.5, 0.6) is 0 Å². The van der Waals surface area contributed by atoms with Crippen molar-refractivity contribution in [2.24, 2.45) is 0 Å². The van der Waals surface area contributed by atoms with Crippen molar-refractivity contribution in [3.8, 4) is 0 Å². The zero-order valence-electron chi connectivity index (χ0n) is 7.71. The highest BCUT2D eigenvalue weighted by molar-refractivity contribution is 7.80. The molecule has 0 rings (SSSR count). The highest BCUT2D eigenvalue weighted by Crippen LogP contribution is 1.98. The van der Waals surface area contributed by atoms with Gasteiger partial charge in [0, 0.05) is 13.0 Å². The van der Waals surface area contributed by atoms with Crippen LogP contribution in [0.2, 0.25) is 0 Å². The minimum Gasteiger partial charge on any atom is -0.481 e. The van der Waals surface area contributed by atoms with Crippen LogP contribution in [0.25, 0.3) is 0 Å². The summed E-state index contributed by atoms with van der Waals surface area (Å²) in [7, 11) is 1.51. The first-order valence-electron chi connectivity index (χ1n) is 4.20. The van der Waals surface area contributed by atoms with E-state index in [4.69, 9.17) is 22.1 Å². The minimum atomic E-state index is -0.736. The van der Waals surface area contributed by atoms with E-state index in [2.05, 4.69) is 5.32 Å². The third-order valence-corrected chi connectivity index (χ3v) is 1.83. The molecule has 76 valence electrons. The molecule has 4 nitrogen and oxygen atoms in total. The van der Waals surface area contributed by atoms with Gasteiger partial charge in [-0.05, 0) is 25.1 Å². The number of hydrogen-bond donors (Lipinski definition) is 2. The van der Waals surface area contributed by atoms with Gasteiger partial charge in [0.15, 0.2) is 0 Å². The van der Waals surface area contributed by atoms with Gasteiger partial charge in [-0.2, -0.15) is 0 Å². The van der Waals surface area contributed by atoms with Gasteiger partial charge < -0.3 is 15.2 Å². The van der Waals surface area contributed by atoms with Crippen molar-refractivity contribution in [1.82, 2.24) is 5.32 Å². The van der Waals surface area contributed by atoms with Gasteiger partial charge >= 0.3 is 5.97 Å². The summed E-state index contributed by atoms with van der Waals surface area (Å²) in [6, 6.07) is 0. The average Bonchev–Trinajstić information content (AvgIpc) is 2.10. The van der Waals surface area contributed by atoms with E-state index in [-0.39, 0.29) is 6.42 Å². The molecule has 0 saturated carbocycles. The molecule has 13 heavy (non-hydrogen) atoms. The van der Waals surface area contributed by atoms with Crippen molar-refractivity contribution in [2.75, 3.05) is 13.7 Å². The number of carbonyl (C=O) groups is 1. The first-order chi connectivity index (χ1) is 6.16. The molecule has 0 radical (unpaired) electrons. The van der Waals surface area contributed by atoms with E-state index in [0.717, 1.165) is 25.8 Å². The number of unbranched alkanes of at least 4 members (excludes halogenated alkanes) is 2. The predicted molar refractivity (Wildman–Crippen MR) is 53.7 cm³/mol. The number of carboxylic acids is 1. The number of rotatable bonds is 6. The van der Waals surface area contributed by atoms with E-state index in [1.807, 2.05) is 0 Å². The number of aliphatic carboxylic acids is 1. The fraction of sp³-hybridized carbons (Fsp3) is 0.750. The molecule has 0 aromatic carbocycles. The molecule has 0 unspecified atom stereocenters. The van der Waals surface area contributed by atoms with Crippen LogP contribution >= 0.6 is 12.2 Å². The van der Waals surface area contributed by atoms with Gasteiger partial charge in [-0.25, -0.2) is 0 Å². The molecule has 0 aliphatic rings. The summed E-state index contributed by atoms with van der Waals surface area (Å²) in [5.41, 5.74) is 0. The van der Waals surface area contributed by atoms with Gasteiger partial charge in [0.1, 0.15) is 0 Å². The molecular formula is C8H15NO3S. The smallest absolute Gasteiger partial charge is 0.303 e. The second-order valence-electron chi connectivity index (χ2n) is 2.62. The van der Waals surface area contributed by atoms with Gasteiger partial charge in [0.05, 0.1) is 7.11 Å². The van der Waals surface area contributed by atoms with Crippen molar-refractivity contribution in [3.05, 3.63) is 0 Å². The largest absolute Gasteiger partial charge is 0.481 e. The van der Waals surface area contributed by atoms with Crippen LogP contribution in [-0.4, -0.2) is 29.9 Å². The molecule has 5 heteroatoms. The van der Waals surface area contributed by atoms with E-state index in [9.17, 15) is 4.79 Å². The molecule has 0 spiro atoms. The Labute approximate surface area is 83.3 Å². The number of ether oxygens (including phenoxy) is 1. The zero-order valence-corrected chi connectivity index (χ0v) is 8.52. The lowest BCUT2D eigenvalue weighted by Crippen LogP contribution is -2.23. The Bertz CT molecular complexity index is 173. The van der Waals surface area contributed by atoms with Gasteiger partial charge in [-0.3, -0.25) is 4.79 Å². The lowest BCUT2D eigenvalue weighted by Gasteiger charge is -2.04. The maximum Gasteiger partial charge on any atom is 0.303 e. The van der Waals surface area contributed by atoms with Gasteiger partial charge in [-0.1, -0.05) is 6.42 Å². The topological polar surface area (TPSA) is 58.6 Å². The average molecular weight is 205 g/mol. The van der Waals surface area contributed by atoms with Crippen LogP contribution in [0.15, 0.2) is 0 Å². The van der Waals surface area contributed by atoms with Gasteiger partial charge in [0.25, 0.3) is 5.17 Å². The van der Waals surface area contributed by atoms with Crippen LogP contribution in [0, 0.1) is 0 Å². The van der Waals surface area contributed by atoms with Gasteiger partial charge in [0.2, 0.25) is 0 Å². The van der Waals surface area contributed by atoms with Gasteiger partial charge in [-0.15, -0.1) is 0 Å². The van der Waals surface area contributed by atoms with E-state index >= 15 is 0 Å². The van der Waals surface area contributed by atoms with Crippen LogP contribution in [-0.2, 0) is 9.53 Å². The number of hydrogen-bond acceptors (Lipinski definition) is 3. The summed E-state index contributed by atoms with van der Waals surface area (Å²) in [5, 5.41) is 11.6. The highest BCUT2D eigenvalue weighted by Gasteiger charge is 1.96. The van der Waals surface area contributed by atoms with Crippen molar-refractivity contribution in [3.63, 3.8) is 0 Å². The van der Waals surface area contributed by atoms with Crippen LogP contribution < -0.4 is 5.32 Å². The molecular weight excluding hydrogens is 190 g/mol. The first kappa shape index (κ1) is 12.2. The van der Waals surface area contributed by atoms with Crippen LogP contribution in [0.3, 0.4) is 0 Å². The monoisotopic (exact) mass is 205 g/mol. The zero-order chi connectivity index (χ0) is 10.1. The molecule has 0 aromatic heterocycles. The molecule has 0 fully saturated rings. The van der Waals surface area contributed by atoms with E-state index in [0.29, 0.717) is 5.17 Å². The minimum absolute atomic E-state index is 0.245. The van der Waals surface area contributed by atoms with Crippen molar-refractivity contribution < 1.29 is 14.6 Å². The molecule has 0 heterocycles. The third-order valence-electron chi connectivity index (χ3n) is 1.52. The quantitative estimate of drug-likeness (QED) is 0.503. The van der Waals surface area contributed by atoms with Crippen LogP contribution in [0.1, 0.15) is 25.7 Å². The molecule has 0 atom stereocenters. The highest BCUT2D eigenvalue weighted by atomic mass is 32.1. The second kappa shape index (κ2) is 7.79. The molecule has 0 saturated heterocycles. The van der Waals surface area contributed by atoms with E-state index in [1.165, 1.54) is 7.11 Å². The lowest BCUT2D eigenvalue weighted by molar-refractivity contribution is -0.137. The summed E-state index contributed by atoms with van der Waals surface area (Å²) >= 11 is 4.75. The molecule has 0 aliphatic heterocycles. The van der Waals surface area contributed by atoms with Crippen molar-refractivity contribution in [1.29, 1.82) is 0 Å². The summed E-state index contributed by atoms with van der Waals surface area (Å²) < 4.78 is 4.72. The number of carboxylic acid groups (broad SMARTS) is 1. The second-order valence-corrected chi connectivity index (χ2v) is 2.99. The van der Waals surface area contributed by atoms with Crippen molar-refractivity contribution in [2.45, 2.75) is 25.7 Å². The molecule has 2 N–H and O–H groups in total. The maximum absolute atomic E-state index is 10.1. The number of nitrogens with one attached hydrogen (secondary N) is 1. The predicted octanol–water partition coefficient (Wildman–Crippen LogP) is 1.15. The van der Waals surface area contributed by atoms with Crippen molar-refractivity contribution >= 4 is 23.4 Å². The number of thiocarbonyl (C=S) groups is 1. The Morgan fingerprint density at radius 1 is 1.46 bits per heavy atom. The number of methoxy groups -OCH3 is 1. The third kappa shape index (κ3) is 9.07. The molecule has 0 aromatic rings. The summed E-state index contributed by atoms with van der Waals surface area (Å²) in [5.74, 6) is -0.736. The first-order valence-corrected chi connectivity index (χ1v) is 4.61. The van der Waals surface area contributed by atoms with E-state index in [1.54, 1.807) is 0 Å². The summed E-state index contributed by atoms with van der Waals surface area (Å²) in [4.78, 5) is 10.1. The Morgan fingerprint density at radius 3 is 2.69 bits per heavy atom.